The van der Waals surface area contributed by atoms with Crippen molar-refractivity contribution >= 4 is 5.97 Å². The van der Waals surface area contributed by atoms with E-state index in [1.54, 1.807) is 7.05 Å². The molecule has 0 saturated carbocycles. The molecule has 0 fully saturated rings. The number of rotatable bonds is 5. The Morgan fingerprint density at radius 1 is 1.55 bits per heavy atom. The molecule has 0 heterocycles. The predicted molar refractivity (Wildman–Crippen MR) is 40.4 cm³/mol. The van der Waals surface area contributed by atoms with Gasteiger partial charge in [-0.05, 0) is 6.42 Å². The van der Waals surface area contributed by atoms with Crippen molar-refractivity contribution in [1.29, 1.82) is 0 Å². The maximum Gasteiger partial charge on any atom is 1.00 e. The molecule has 11 heavy (non-hydrogen) atoms. The summed E-state index contributed by atoms with van der Waals surface area (Å²) in [6.45, 7) is 2.10. The zero-order valence-corrected chi connectivity index (χ0v) is 9.64. The van der Waals surface area contributed by atoms with Gasteiger partial charge in [0, 0.05) is 13.5 Å². The molecule has 0 aliphatic rings. The van der Waals surface area contributed by atoms with E-state index < -0.39 is 0 Å². The summed E-state index contributed by atoms with van der Waals surface area (Å²) in [6.07, 6.45) is 3.68. The number of nitrogens with one attached hydrogen (secondary N) is 1. The number of hydrogen-bond donors (Lipinski definition) is 1. The molecular formula is C7H16NNaO2. The van der Waals surface area contributed by atoms with Crippen LogP contribution in [0.3, 0.4) is 0 Å². The molecule has 0 aromatic rings. The van der Waals surface area contributed by atoms with Crippen LogP contribution in [0.1, 0.15) is 34.0 Å². The molecule has 3 nitrogen and oxygen atoms in total. The summed E-state index contributed by atoms with van der Waals surface area (Å²) >= 11 is 0. The number of carbonyl (C=O) groups excluding carboxylic acids is 1. The van der Waals surface area contributed by atoms with Crippen LogP contribution in [-0.2, 0) is 9.63 Å². The first-order valence-electron chi connectivity index (χ1n) is 3.67. The van der Waals surface area contributed by atoms with Gasteiger partial charge in [-0.2, -0.15) is 5.48 Å². The fourth-order valence-electron chi connectivity index (χ4n) is 0.684. The maximum atomic E-state index is 10.6. The number of unbranched alkanes of at least 4 members (excludes halogenated alkanes) is 2. The van der Waals surface area contributed by atoms with Gasteiger partial charge in [-0.1, -0.05) is 19.8 Å². The van der Waals surface area contributed by atoms with Gasteiger partial charge in [0.1, 0.15) is 0 Å². The Labute approximate surface area is 91.6 Å². The Morgan fingerprint density at radius 3 is 2.64 bits per heavy atom. The Balaban J connectivity index is -0.000000405. The van der Waals surface area contributed by atoms with Crippen LogP contribution in [0.4, 0.5) is 0 Å². The van der Waals surface area contributed by atoms with Crippen molar-refractivity contribution in [3.8, 4) is 0 Å². The van der Waals surface area contributed by atoms with Gasteiger partial charge in [0.2, 0.25) is 0 Å². The second-order valence-corrected chi connectivity index (χ2v) is 2.14. The minimum atomic E-state index is -0.170. The van der Waals surface area contributed by atoms with Crippen LogP contribution in [0.5, 0.6) is 0 Å². The van der Waals surface area contributed by atoms with Crippen LogP contribution in [0, 0.1) is 0 Å². The molecular weight excluding hydrogens is 153 g/mol. The van der Waals surface area contributed by atoms with Gasteiger partial charge in [-0.25, -0.2) is 0 Å². The predicted octanol–water partition coefficient (Wildman–Crippen LogP) is -1.64. The summed E-state index contributed by atoms with van der Waals surface area (Å²) in [6, 6.07) is 0. The largest absolute Gasteiger partial charge is 1.00 e. The first kappa shape index (κ1) is 14.0. The van der Waals surface area contributed by atoms with E-state index in [1.807, 2.05) is 0 Å². The van der Waals surface area contributed by atoms with Crippen molar-refractivity contribution in [2.45, 2.75) is 32.6 Å². The van der Waals surface area contributed by atoms with Crippen molar-refractivity contribution in [3.05, 3.63) is 0 Å². The molecule has 0 bridgehead atoms. The van der Waals surface area contributed by atoms with Crippen molar-refractivity contribution < 1.29 is 40.6 Å². The SMILES string of the molecule is CCCCCC(=O)ONC.[H-].[Na+]. The molecule has 0 rings (SSSR count). The monoisotopic (exact) mass is 169 g/mol. The van der Waals surface area contributed by atoms with E-state index in [9.17, 15) is 4.79 Å². The molecule has 0 spiro atoms. The van der Waals surface area contributed by atoms with Crippen LogP contribution in [0.25, 0.3) is 0 Å². The normalized spacial score (nSPS) is 8.55. The van der Waals surface area contributed by atoms with E-state index in [0.29, 0.717) is 6.42 Å². The first-order chi connectivity index (χ1) is 4.81. The summed E-state index contributed by atoms with van der Waals surface area (Å²) in [5.74, 6) is -0.170. The summed E-state index contributed by atoms with van der Waals surface area (Å²) in [7, 11) is 1.58. The summed E-state index contributed by atoms with van der Waals surface area (Å²) < 4.78 is 0. The van der Waals surface area contributed by atoms with Crippen LogP contribution in [-0.4, -0.2) is 13.0 Å². The van der Waals surface area contributed by atoms with Crippen LogP contribution >= 0.6 is 0 Å². The summed E-state index contributed by atoms with van der Waals surface area (Å²) in [4.78, 5) is 15.1. The zero-order valence-electron chi connectivity index (χ0n) is 8.64. The Kier molecular flexibility index (Phi) is 13.3. The fourth-order valence-corrected chi connectivity index (χ4v) is 0.684. The molecule has 0 atom stereocenters. The van der Waals surface area contributed by atoms with E-state index in [1.165, 1.54) is 0 Å². The van der Waals surface area contributed by atoms with Crippen molar-refractivity contribution in [3.63, 3.8) is 0 Å². The van der Waals surface area contributed by atoms with Crippen molar-refractivity contribution in [1.82, 2.24) is 5.48 Å². The Bertz CT molecular complexity index is 103. The van der Waals surface area contributed by atoms with Crippen molar-refractivity contribution in [2.24, 2.45) is 0 Å². The van der Waals surface area contributed by atoms with Gasteiger partial charge in [0.15, 0.2) is 0 Å². The second-order valence-electron chi connectivity index (χ2n) is 2.14. The van der Waals surface area contributed by atoms with E-state index >= 15 is 0 Å². The summed E-state index contributed by atoms with van der Waals surface area (Å²) in [5, 5.41) is 0. The molecule has 0 radical (unpaired) electrons. The minimum absolute atomic E-state index is 0. The maximum absolute atomic E-state index is 10.6. The molecule has 0 aromatic carbocycles. The zero-order chi connectivity index (χ0) is 7.82. The number of hydrogen-bond acceptors (Lipinski definition) is 3. The van der Waals surface area contributed by atoms with Gasteiger partial charge in [0.05, 0.1) is 0 Å². The van der Waals surface area contributed by atoms with Gasteiger partial charge >= 0.3 is 35.5 Å². The molecule has 0 unspecified atom stereocenters. The quantitative estimate of drug-likeness (QED) is 0.305. The standard InChI is InChI=1S/C7H15NO2.Na.H/c1-3-4-5-6-7(9)10-8-2;;/h8H,3-6H2,1-2H3;;/q;+1;-1. The van der Waals surface area contributed by atoms with Gasteiger partial charge in [-0.3, -0.25) is 4.79 Å². The molecule has 62 valence electrons. The Morgan fingerprint density at radius 2 is 2.18 bits per heavy atom. The fraction of sp³-hybridized carbons (Fsp3) is 0.857. The van der Waals surface area contributed by atoms with E-state index in [4.69, 9.17) is 0 Å². The minimum Gasteiger partial charge on any atom is -1.00 e. The third-order valence-corrected chi connectivity index (χ3v) is 1.20. The number of carbonyl (C=O) groups is 1. The second kappa shape index (κ2) is 10.4. The van der Waals surface area contributed by atoms with Gasteiger partial charge in [0.25, 0.3) is 0 Å². The van der Waals surface area contributed by atoms with Gasteiger partial charge < -0.3 is 6.26 Å². The van der Waals surface area contributed by atoms with E-state index in [-0.39, 0.29) is 37.0 Å². The van der Waals surface area contributed by atoms with E-state index in [2.05, 4.69) is 17.2 Å². The van der Waals surface area contributed by atoms with Crippen molar-refractivity contribution in [2.75, 3.05) is 7.05 Å². The third kappa shape index (κ3) is 10.4. The average molecular weight is 169 g/mol. The molecule has 4 heteroatoms. The summed E-state index contributed by atoms with van der Waals surface area (Å²) in [5.41, 5.74) is 2.34. The number of hydroxylamine groups is 1. The van der Waals surface area contributed by atoms with E-state index in [0.717, 1.165) is 19.3 Å². The smallest absolute Gasteiger partial charge is 1.00 e. The van der Waals surface area contributed by atoms with Crippen LogP contribution < -0.4 is 35.0 Å². The first-order valence-corrected chi connectivity index (χ1v) is 3.67. The molecule has 1 N–H and O–H groups in total. The van der Waals surface area contributed by atoms with Gasteiger partial charge in [-0.15, -0.1) is 0 Å². The molecule has 0 aliphatic heterocycles. The topological polar surface area (TPSA) is 38.3 Å². The molecule has 0 aliphatic carbocycles. The molecule has 0 amide bonds. The Hall–Kier alpha value is 0.430. The molecule has 0 aromatic heterocycles. The van der Waals surface area contributed by atoms with Crippen LogP contribution in [0.2, 0.25) is 0 Å². The average Bonchev–Trinajstić information content (AvgIpc) is 1.89. The van der Waals surface area contributed by atoms with Crippen LogP contribution in [0.15, 0.2) is 0 Å². The third-order valence-electron chi connectivity index (χ3n) is 1.20. The molecule has 0 saturated heterocycles.